The number of aromatic nitrogens is 1. The van der Waals surface area contributed by atoms with Crippen LogP contribution in [0.1, 0.15) is 22.9 Å². The lowest BCUT2D eigenvalue weighted by Crippen LogP contribution is -2.33. The molecule has 8 aromatic carbocycles. The standard InChI is InChI=1S/C51H32N4S2/c1-3-13-31(14-4-1)49-52-50(32-15-5-2-6-16-32)54-51(53-49)38-19-11-23-44-47(38)39-29-33(26-28-43(39)56-44)34-25-27-37-46(30-34)57-45-24-12-22-42(48(37)45)55-40-20-9-7-17-35(40)36-18-8-10-21-41(36)55/h1-30,49H,(H,52,53,54). The summed E-state index contributed by atoms with van der Waals surface area (Å²) in [5, 5.41) is 11.3. The van der Waals surface area contributed by atoms with Gasteiger partial charge in [0.05, 0.1) is 16.7 Å². The van der Waals surface area contributed by atoms with E-state index in [1.165, 1.54) is 79.0 Å². The van der Waals surface area contributed by atoms with E-state index in [0.717, 1.165) is 28.4 Å². The lowest BCUT2D eigenvalue weighted by Gasteiger charge is -2.24. The molecule has 1 unspecified atom stereocenters. The summed E-state index contributed by atoms with van der Waals surface area (Å²) in [4.78, 5) is 10.3. The molecule has 0 saturated heterocycles. The van der Waals surface area contributed by atoms with Gasteiger partial charge >= 0.3 is 0 Å². The summed E-state index contributed by atoms with van der Waals surface area (Å²) < 4.78 is 7.52. The van der Waals surface area contributed by atoms with Gasteiger partial charge in [0.2, 0.25) is 0 Å². The van der Waals surface area contributed by atoms with Gasteiger partial charge < -0.3 is 9.88 Å². The fourth-order valence-corrected chi connectivity index (χ4v) is 10.9. The number of hydrogen-bond donors (Lipinski definition) is 1. The maximum atomic E-state index is 5.19. The van der Waals surface area contributed by atoms with Crippen molar-refractivity contribution in [3.8, 4) is 16.8 Å². The molecule has 0 fully saturated rings. The van der Waals surface area contributed by atoms with Crippen LogP contribution in [0.5, 0.6) is 0 Å². The smallest absolute Gasteiger partial charge is 0.159 e. The number of benzene rings is 8. The van der Waals surface area contributed by atoms with Gasteiger partial charge in [-0.2, -0.15) is 0 Å². The van der Waals surface area contributed by atoms with Crippen molar-refractivity contribution in [2.45, 2.75) is 6.17 Å². The molecule has 11 aromatic rings. The van der Waals surface area contributed by atoms with Gasteiger partial charge in [0.25, 0.3) is 0 Å². The minimum absolute atomic E-state index is 0.256. The van der Waals surface area contributed by atoms with Gasteiger partial charge in [-0.05, 0) is 65.2 Å². The monoisotopic (exact) mass is 764 g/mol. The minimum Gasteiger partial charge on any atom is -0.344 e. The Hall–Kier alpha value is -6.86. The van der Waals surface area contributed by atoms with Gasteiger partial charge in [0.15, 0.2) is 5.84 Å². The topological polar surface area (TPSA) is 41.7 Å². The molecule has 0 radical (unpaired) electrons. The first-order chi connectivity index (χ1) is 28.2. The Kier molecular flexibility index (Phi) is 7.30. The van der Waals surface area contributed by atoms with Crippen LogP contribution in [0.15, 0.2) is 192 Å². The van der Waals surface area contributed by atoms with Crippen molar-refractivity contribution in [3.05, 3.63) is 199 Å². The third kappa shape index (κ3) is 5.18. The van der Waals surface area contributed by atoms with Crippen LogP contribution >= 0.6 is 22.7 Å². The van der Waals surface area contributed by atoms with Gasteiger partial charge in [-0.25, -0.2) is 9.98 Å². The molecular weight excluding hydrogens is 733 g/mol. The quantitative estimate of drug-likeness (QED) is 0.186. The fraction of sp³-hybridized carbons (Fsp3) is 0.0196. The van der Waals surface area contributed by atoms with Crippen LogP contribution < -0.4 is 5.32 Å². The van der Waals surface area contributed by atoms with Crippen molar-refractivity contribution >= 4 is 96.5 Å². The summed E-state index contributed by atoms with van der Waals surface area (Å²) in [5.74, 6) is 1.56. The zero-order valence-electron chi connectivity index (χ0n) is 30.6. The van der Waals surface area contributed by atoms with E-state index in [1.807, 2.05) is 46.9 Å². The van der Waals surface area contributed by atoms with Crippen LogP contribution in [0.3, 0.4) is 0 Å². The highest BCUT2D eigenvalue weighted by atomic mass is 32.1. The molecule has 4 heterocycles. The van der Waals surface area contributed by atoms with Crippen LogP contribution in [-0.2, 0) is 0 Å². The van der Waals surface area contributed by atoms with E-state index in [9.17, 15) is 0 Å². The van der Waals surface area contributed by atoms with Gasteiger partial charge in [0, 0.05) is 62.2 Å². The summed E-state index contributed by atoms with van der Waals surface area (Å²) in [6.07, 6.45) is -0.256. The lowest BCUT2D eigenvalue weighted by molar-refractivity contribution is 0.674. The number of para-hydroxylation sites is 2. The average molecular weight is 765 g/mol. The molecule has 0 bridgehead atoms. The van der Waals surface area contributed by atoms with E-state index < -0.39 is 0 Å². The average Bonchev–Trinajstić information content (AvgIpc) is 3.96. The van der Waals surface area contributed by atoms with Crippen LogP contribution in [0.25, 0.3) is 79.0 Å². The van der Waals surface area contributed by atoms with Crippen LogP contribution in [0, 0.1) is 0 Å². The molecule has 0 amide bonds. The number of thiophene rings is 2. The predicted octanol–water partition coefficient (Wildman–Crippen LogP) is 13.7. The van der Waals surface area contributed by atoms with E-state index in [2.05, 4.69) is 168 Å². The van der Waals surface area contributed by atoms with Crippen molar-refractivity contribution in [1.29, 1.82) is 0 Å². The molecule has 1 aliphatic rings. The minimum atomic E-state index is -0.256. The first-order valence-corrected chi connectivity index (χ1v) is 20.8. The second kappa shape index (κ2) is 12.8. The van der Waals surface area contributed by atoms with Crippen molar-refractivity contribution in [2.75, 3.05) is 0 Å². The van der Waals surface area contributed by atoms with E-state index >= 15 is 0 Å². The number of aliphatic imine (C=N–C) groups is 2. The fourth-order valence-electron chi connectivity index (χ4n) is 8.67. The zero-order valence-corrected chi connectivity index (χ0v) is 32.2. The number of amidine groups is 2. The highest BCUT2D eigenvalue weighted by Gasteiger charge is 2.24. The Labute approximate surface area is 336 Å². The summed E-state index contributed by atoms with van der Waals surface area (Å²) in [6.45, 7) is 0. The Morgan fingerprint density at radius 2 is 1.11 bits per heavy atom. The molecule has 6 heteroatoms. The van der Waals surface area contributed by atoms with E-state index in [-0.39, 0.29) is 6.17 Å². The van der Waals surface area contributed by atoms with Crippen LogP contribution in [-0.4, -0.2) is 16.2 Å². The zero-order chi connectivity index (χ0) is 37.5. The Morgan fingerprint density at radius 3 is 1.89 bits per heavy atom. The van der Waals surface area contributed by atoms with Crippen LogP contribution in [0.2, 0.25) is 0 Å². The van der Waals surface area contributed by atoms with E-state index in [1.54, 1.807) is 0 Å². The maximum Gasteiger partial charge on any atom is 0.159 e. The van der Waals surface area contributed by atoms with Crippen molar-refractivity contribution in [3.63, 3.8) is 0 Å². The number of nitrogens with one attached hydrogen (secondary N) is 1. The van der Waals surface area contributed by atoms with E-state index in [4.69, 9.17) is 9.98 Å². The second-order valence-corrected chi connectivity index (χ2v) is 16.7. The van der Waals surface area contributed by atoms with Crippen molar-refractivity contribution in [1.82, 2.24) is 9.88 Å². The number of hydrogen-bond acceptors (Lipinski definition) is 5. The molecule has 4 nitrogen and oxygen atoms in total. The highest BCUT2D eigenvalue weighted by Crippen LogP contribution is 2.43. The highest BCUT2D eigenvalue weighted by molar-refractivity contribution is 7.26. The molecule has 1 N–H and O–H groups in total. The second-order valence-electron chi connectivity index (χ2n) is 14.6. The van der Waals surface area contributed by atoms with Gasteiger partial charge in [0.1, 0.15) is 12.0 Å². The van der Waals surface area contributed by atoms with E-state index in [0.29, 0.717) is 0 Å². The molecule has 0 spiro atoms. The molecule has 268 valence electrons. The molecule has 1 aliphatic heterocycles. The molecule has 0 saturated carbocycles. The number of nitrogens with zero attached hydrogens (tertiary/aromatic N) is 3. The number of rotatable bonds is 5. The SMILES string of the molecule is c1ccc(C2=NC(c3ccccc3)NC(c3cccc4sc5ccc(-c6ccc7c(c6)sc6cccc(-n8c9ccccc9c9ccccc98)c67)cc5c34)=N2)cc1. The largest absolute Gasteiger partial charge is 0.344 e. The first kappa shape index (κ1) is 32.4. The molecule has 0 aliphatic carbocycles. The van der Waals surface area contributed by atoms with Crippen LogP contribution in [0.4, 0.5) is 0 Å². The van der Waals surface area contributed by atoms with Crippen molar-refractivity contribution < 1.29 is 0 Å². The summed E-state index contributed by atoms with van der Waals surface area (Å²) in [7, 11) is 0. The number of fused-ring (bicyclic) bond motifs is 9. The summed E-state index contributed by atoms with van der Waals surface area (Å²) in [5.41, 5.74) is 9.27. The third-order valence-corrected chi connectivity index (χ3v) is 13.5. The normalized spacial score (nSPS) is 14.5. The predicted molar refractivity (Wildman–Crippen MR) is 244 cm³/mol. The van der Waals surface area contributed by atoms with Gasteiger partial charge in [-0.15, -0.1) is 22.7 Å². The van der Waals surface area contributed by atoms with Gasteiger partial charge in [-0.3, -0.25) is 0 Å². The first-order valence-electron chi connectivity index (χ1n) is 19.2. The van der Waals surface area contributed by atoms with Gasteiger partial charge in [-0.1, -0.05) is 133 Å². The van der Waals surface area contributed by atoms with Crippen molar-refractivity contribution in [2.24, 2.45) is 9.98 Å². The Balaban J connectivity index is 0.993. The summed E-state index contributed by atoms with van der Waals surface area (Å²) in [6, 6.07) is 65.5. The molecule has 57 heavy (non-hydrogen) atoms. The molecule has 3 aromatic heterocycles. The Bertz CT molecular complexity index is 3390. The molecular formula is C51H32N4S2. The Morgan fingerprint density at radius 1 is 0.456 bits per heavy atom. The molecule has 12 rings (SSSR count). The summed E-state index contributed by atoms with van der Waals surface area (Å²) >= 11 is 3.70. The lowest BCUT2D eigenvalue weighted by atomic mass is 9.99. The third-order valence-electron chi connectivity index (χ3n) is 11.3. The molecule has 1 atom stereocenters. The maximum absolute atomic E-state index is 5.19.